The van der Waals surface area contributed by atoms with Crippen molar-refractivity contribution in [2.75, 3.05) is 31.7 Å². The quantitative estimate of drug-likeness (QED) is 0.601. The van der Waals surface area contributed by atoms with Crippen molar-refractivity contribution in [1.82, 2.24) is 4.90 Å². The Labute approximate surface area is 193 Å². The van der Waals surface area contributed by atoms with Crippen molar-refractivity contribution < 1.29 is 19.4 Å². The van der Waals surface area contributed by atoms with Crippen molar-refractivity contribution in [3.63, 3.8) is 0 Å². The van der Waals surface area contributed by atoms with Gasteiger partial charge in [-0.25, -0.2) is 4.79 Å². The SMILES string of the molecule is O=C(Nc1cccc(-c2ccc3c(c2)CCO3)c1)N1CCOCC1CC(O)c1ccccc1. The maximum absolute atomic E-state index is 13.2. The molecule has 1 saturated heterocycles. The summed E-state index contributed by atoms with van der Waals surface area (Å²) in [7, 11) is 0. The third-order valence-corrected chi connectivity index (χ3v) is 6.30. The molecule has 2 amide bonds. The normalized spacial score (nSPS) is 18.3. The molecule has 6 heteroatoms. The van der Waals surface area contributed by atoms with Crippen LogP contribution in [-0.4, -0.2) is 48.4 Å². The molecule has 3 aromatic rings. The number of aliphatic hydroxyl groups excluding tert-OH is 1. The van der Waals surface area contributed by atoms with E-state index >= 15 is 0 Å². The highest BCUT2D eigenvalue weighted by Crippen LogP contribution is 2.31. The lowest BCUT2D eigenvalue weighted by molar-refractivity contribution is -0.00427. The first-order valence-electron chi connectivity index (χ1n) is 11.4. The minimum atomic E-state index is -0.652. The third-order valence-electron chi connectivity index (χ3n) is 6.30. The number of ether oxygens (including phenoxy) is 2. The molecule has 5 rings (SSSR count). The molecule has 1 fully saturated rings. The summed E-state index contributed by atoms with van der Waals surface area (Å²) in [5, 5.41) is 13.7. The van der Waals surface area contributed by atoms with Crippen LogP contribution in [0.1, 0.15) is 23.7 Å². The summed E-state index contributed by atoms with van der Waals surface area (Å²) in [4.78, 5) is 14.9. The maximum atomic E-state index is 13.2. The minimum Gasteiger partial charge on any atom is -0.493 e. The highest BCUT2D eigenvalue weighted by Gasteiger charge is 2.29. The van der Waals surface area contributed by atoms with E-state index in [0.29, 0.717) is 26.2 Å². The number of benzene rings is 3. The monoisotopic (exact) mass is 444 g/mol. The van der Waals surface area contributed by atoms with Gasteiger partial charge in [0.1, 0.15) is 5.75 Å². The Kier molecular flexibility index (Phi) is 6.28. The molecule has 0 aromatic heterocycles. The number of hydrogen-bond acceptors (Lipinski definition) is 4. The fourth-order valence-electron chi connectivity index (χ4n) is 4.52. The van der Waals surface area contributed by atoms with Gasteiger partial charge in [-0.3, -0.25) is 0 Å². The standard InChI is InChI=1S/C27H28N2O4/c30-25(19-5-2-1-3-6-19)17-24-18-32-14-12-29(24)27(31)28-23-8-4-7-20(16-23)21-9-10-26-22(15-21)11-13-33-26/h1-10,15-16,24-25,30H,11-14,17-18H2,(H,28,31). The number of fused-ring (bicyclic) bond motifs is 1. The fraction of sp³-hybridized carbons (Fsp3) is 0.296. The second-order valence-electron chi connectivity index (χ2n) is 8.52. The molecule has 0 spiro atoms. The molecule has 0 saturated carbocycles. The van der Waals surface area contributed by atoms with Crippen LogP contribution in [0.15, 0.2) is 72.8 Å². The maximum Gasteiger partial charge on any atom is 0.322 e. The lowest BCUT2D eigenvalue weighted by Gasteiger charge is -2.36. The lowest BCUT2D eigenvalue weighted by atomic mass is 10.0. The summed E-state index contributed by atoms with van der Waals surface area (Å²) in [6, 6.07) is 23.2. The van der Waals surface area contributed by atoms with Crippen LogP contribution in [0.4, 0.5) is 10.5 Å². The Morgan fingerprint density at radius 2 is 1.88 bits per heavy atom. The van der Waals surface area contributed by atoms with E-state index in [1.807, 2.05) is 66.7 Å². The molecular weight excluding hydrogens is 416 g/mol. The Hall–Kier alpha value is -3.35. The summed E-state index contributed by atoms with van der Waals surface area (Å²) in [6.07, 6.45) is 0.696. The van der Waals surface area contributed by atoms with Gasteiger partial charge in [-0.05, 0) is 46.5 Å². The number of urea groups is 1. The number of hydrogen-bond donors (Lipinski definition) is 2. The average molecular weight is 445 g/mol. The van der Waals surface area contributed by atoms with Gasteiger partial charge < -0.3 is 24.8 Å². The number of anilines is 1. The van der Waals surface area contributed by atoms with Gasteiger partial charge >= 0.3 is 6.03 Å². The molecule has 6 nitrogen and oxygen atoms in total. The predicted octanol–water partition coefficient (Wildman–Crippen LogP) is 4.64. The van der Waals surface area contributed by atoms with Crippen molar-refractivity contribution in [3.8, 4) is 16.9 Å². The van der Waals surface area contributed by atoms with Crippen LogP contribution in [0, 0.1) is 0 Å². The zero-order chi connectivity index (χ0) is 22.6. The van der Waals surface area contributed by atoms with Gasteiger partial charge in [0, 0.05) is 25.1 Å². The van der Waals surface area contributed by atoms with E-state index in [-0.39, 0.29) is 12.1 Å². The summed E-state index contributed by atoms with van der Waals surface area (Å²) >= 11 is 0. The second kappa shape index (κ2) is 9.65. The van der Waals surface area contributed by atoms with Crippen molar-refractivity contribution in [2.24, 2.45) is 0 Å². The number of carbonyl (C=O) groups excluding carboxylic acids is 1. The van der Waals surface area contributed by atoms with Gasteiger partial charge in [0.05, 0.1) is 32.0 Å². The number of nitrogens with one attached hydrogen (secondary N) is 1. The van der Waals surface area contributed by atoms with E-state index in [4.69, 9.17) is 9.47 Å². The minimum absolute atomic E-state index is 0.178. The predicted molar refractivity (Wildman–Crippen MR) is 127 cm³/mol. The fourth-order valence-corrected chi connectivity index (χ4v) is 4.52. The molecular formula is C27H28N2O4. The van der Waals surface area contributed by atoms with Crippen LogP contribution in [0.25, 0.3) is 11.1 Å². The molecule has 2 atom stereocenters. The van der Waals surface area contributed by atoms with Gasteiger partial charge in [0.25, 0.3) is 0 Å². The van der Waals surface area contributed by atoms with E-state index in [2.05, 4.69) is 11.4 Å². The first kappa shape index (κ1) is 21.5. The van der Waals surface area contributed by atoms with E-state index < -0.39 is 6.10 Å². The molecule has 2 N–H and O–H groups in total. The van der Waals surface area contributed by atoms with Crippen LogP contribution in [0.5, 0.6) is 5.75 Å². The van der Waals surface area contributed by atoms with Crippen molar-refractivity contribution >= 4 is 11.7 Å². The van der Waals surface area contributed by atoms with E-state index in [1.165, 1.54) is 5.56 Å². The first-order chi connectivity index (χ1) is 16.2. The largest absolute Gasteiger partial charge is 0.493 e. The van der Waals surface area contributed by atoms with Crippen LogP contribution in [-0.2, 0) is 11.2 Å². The molecule has 2 aliphatic heterocycles. The number of aliphatic hydroxyl groups is 1. The van der Waals surface area contributed by atoms with Crippen molar-refractivity contribution in [2.45, 2.75) is 25.0 Å². The topological polar surface area (TPSA) is 71.0 Å². The number of nitrogens with zero attached hydrogens (tertiary/aromatic N) is 1. The Balaban J connectivity index is 1.28. The van der Waals surface area contributed by atoms with Crippen molar-refractivity contribution in [1.29, 1.82) is 0 Å². The number of amides is 2. The lowest BCUT2D eigenvalue weighted by Crippen LogP contribution is -2.50. The van der Waals surface area contributed by atoms with E-state index in [9.17, 15) is 9.90 Å². The molecule has 0 bridgehead atoms. The molecule has 0 aliphatic carbocycles. The van der Waals surface area contributed by atoms with Crippen LogP contribution < -0.4 is 10.1 Å². The summed E-state index contributed by atoms with van der Waals surface area (Å²) in [5.74, 6) is 0.958. The highest BCUT2D eigenvalue weighted by molar-refractivity contribution is 5.90. The number of rotatable bonds is 5. The van der Waals surface area contributed by atoms with Gasteiger partial charge in [-0.2, -0.15) is 0 Å². The summed E-state index contributed by atoms with van der Waals surface area (Å²) < 4.78 is 11.2. The van der Waals surface area contributed by atoms with E-state index in [1.54, 1.807) is 4.90 Å². The number of carbonyl (C=O) groups is 1. The zero-order valence-electron chi connectivity index (χ0n) is 18.4. The van der Waals surface area contributed by atoms with Crippen LogP contribution in [0.3, 0.4) is 0 Å². The summed E-state index contributed by atoms with van der Waals surface area (Å²) in [6.45, 7) is 2.12. The van der Waals surface area contributed by atoms with Crippen LogP contribution >= 0.6 is 0 Å². The highest BCUT2D eigenvalue weighted by atomic mass is 16.5. The zero-order valence-corrected chi connectivity index (χ0v) is 18.4. The Bertz CT molecular complexity index is 1120. The molecule has 2 unspecified atom stereocenters. The van der Waals surface area contributed by atoms with E-state index in [0.717, 1.165) is 41.2 Å². The Morgan fingerprint density at radius 1 is 1.03 bits per heavy atom. The van der Waals surface area contributed by atoms with Crippen molar-refractivity contribution in [3.05, 3.63) is 83.9 Å². The smallest absolute Gasteiger partial charge is 0.322 e. The second-order valence-corrected chi connectivity index (χ2v) is 8.52. The molecule has 170 valence electrons. The summed E-state index contributed by atoms with van der Waals surface area (Å²) in [5.41, 5.74) is 4.94. The van der Waals surface area contributed by atoms with Gasteiger partial charge in [0.15, 0.2) is 0 Å². The molecule has 3 aromatic carbocycles. The van der Waals surface area contributed by atoms with Gasteiger partial charge in [-0.15, -0.1) is 0 Å². The molecule has 2 aliphatic rings. The third kappa shape index (κ3) is 4.87. The molecule has 0 radical (unpaired) electrons. The van der Waals surface area contributed by atoms with Gasteiger partial charge in [0.2, 0.25) is 0 Å². The van der Waals surface area contributed by atoms with Crippen LogP contribution in [0.2, 0.25) is 0 Å². The first-order valence-corrected chi connectivity index (χ1v) is 11.4. The molecule has 2 heterocycles. The number of morpholine rings is 1. The molecule has 33 heavy (non-hydrogen) atoms. The average Bonchev–Trinajstić information content (AvgIpc) is 3.33. The van der Waals surface area contributed by atoms with Gasteiger partial charge in [-0.1, -0.05) is 48.5 Å². The Morgan fingerprint density at radius 3 is 2.76 bits per heavy atom.